The number of benzene rings is 2. The van der Waals surface area contributed by atoms with E-state index in [1.165, 1.54) is 31.5 Å². The fourth-order valence-corrected chi connectivity index (χ4v) is 2.19. The summed E-state index contributed by atoms with van der Waals surface area (Å²) in [5.41, 5.74) is 3.09. The number of carbonyl (C=O) groups is 1. The zero-order valence-corrected chi connectivity index (χ0v) is 13.6. The second-order valence-corrected chi connectivity index (χ2v) is 5.31. The van der Waals surface area contributed by atoms with Crippen LogP contribution in [0.3, 0.4) is 0 Å². The van der Waals surface area contributed by atoms with Gasteiger partial charge >= 0.3 is 0 Å². The molecule has 1 N–H and O–H groups in total. The van der Waals surface area contributed by atoms with Gasteiger partial charge in [0.2, 0.25) is 0 Å². The van der Waals surface area contributed by atoms with Crippen molar-refractivity contribution in [3.05, 3.63) is 68.2 Å². The van der Waals surface area contributed by atoms with Crippen LogP contribution in [0.1, 0.15) is 15.9 Å². The minimum absolute atomic E-state index is 0.0921. The first-order valence-corrected chi connectivity index (χ1v) is 7.22. The Hall–Kier alpha value is -2.74. The standard InChI is InChI=1S/C15H12BrN3O4/c1-23-14-6-5-13(19(21)22)8-11(14)9-17-18-15(20)10-3-2-4-12(16)7-10/h2-9H,1H3,(H,18,20). The predicted octanol–water partition coefficient (Wildman–Crippen LogP) is 3.13. The molecule has 2 aromatic rings. The molecule has 0 spiro atoms. The lowest BCUT2D eigenvalue weighted by molar-refractivity contribution is -0.384. The van der Waals surface area contributed by atoms with Gasteiger partial charge in [0.25, 0.3) is 11.6 Å². The van der Waals surface area contributed by atoms with Crippen LogP contribution in [0.2, 0.25) is 0 Å². The minimum Gasteiger partial charge on any atom is -0.496 e. The molecule has 8 heteroatoms. The fourth-order valence-electron chi connectivity index (χ4n) is 1.79. The van der Waals surface area contributed by atoms with E-state index < -0.39 is 10.8 Å². The van der Waals surface area contributed by atoms with Crippen molar-refractivity contribution in [3.63, 3.8) is 0 Å². The van der Waals surface area contributed by atoms with E-state index in [0.29, 0.717) is 16.9 Å². The number of nitrogens with zero attached hydrogens (tertiary/aromatic N) is 2. The molecule has 0 fully saturated rings. The summed E-state index contributed by atoms with van der Waals surface area (Å²) in [6.45, 7) is 0. The molecule has 0 unspecified atom stereocenters. The number of halogens is 1. The third-order valence-electron chi connectivity index (χ3n) is 2.88. The number of nitro benzene ring substituents is 1. The Bertz CT molecular complexity index is 777. The van der Waals surface area contributed by atoms with Crippen LogP contribution in [0.4, 0.5) is 5.69 Å². The van der Waals surface area contributed by atoms with Crippen molar-refractivity contribution in [2.75, 3.05) is 7.11 Å². The van der Waals surface area contributed by atoms with Crippen molar-refractivity contribution in [2.24, 2.45) is 5.10 Å². The molecule has 0 aliphatic carbocycles. The average Bonchev–Trinajstić information content (AvgIpc) is 2.54. The lowest BCUT2D eigenvalue weighted by Gasteiger charge is -2.04. The molecule has 0 saturated carbocycles. The van der Waals surface area contributed by atoms with E-state index in [4.69, 9.17) is 4.74 Å². The van der Waals surface area contributed by atoms with Crippen molar-refractivity contribution in [1.29, 1.82) is 0 Å². The molecule has 0 heterocycles. The number of nitrogens with one attached hydrogen (secondary N) is 1. The van der Waals surface area contributed by atoms with Crippen LogP contribution in [0.15, 0.2) is 52.0 Å². The fraction of sp³-hybridized carbons (Fsp3) is 0.0667. The van der Waals surface area contributed by atoms with Crippen LogP contribution in [0, 0.1) is 10.1 Å². The van der Waals surface area contributed by atoms with Crippen molar-refractivity contribution in [1.82, 2.24) is 5.43 Å². The molecule has 0 radical (unpaired) electrons. The molecule has 7 nitrogen and oxygen atoms in total. The van der Waals surface area contributed by atoms with Gasteiger partial charge in [-0.3, -0.25) is 14.9 Å². The Balaban J connectivity index is 2.15. The van der Waals surface area contributed by atoms with Crippen molar-refractivity contribution in [2.45, 2.75) is 0 Å². The largest absolute Gasteiger partial charge is 0.496 e. The molecule has 0 aliphatic heterocycles. The Morgan fingerprint density at radius 3 is 2.78 bits per heavy atom. The zero-order valence-electron chi connectivity index (χ0n) is 12.0. The number of nitro groups is 1. The summed E-state index contributed by atoms with van der Waals surface area (Å²) in [7, 11) is 1.44. The number of hydrogen-bond acceptors (Lipinski definition) is 5. The molecule has 0 aliphatic rings. The van der Waals surface area contributed by atoms with Crippen LogP contribution in [-0.2, 0) is 0 Å². The highest BCUT2D eigenvalue weighted by atomic mass is 79.9. The molecular formula is C15H12BrN3O4. The number of ether oxygens (including phenoxy) is 1. The summed E-state index contributed by atoms with van der Waals surface area (Å²) < 4.78 is 5.88. The lowest BCUT2D eigenvalue weighted by Crippen LogP contribution is -2.17. The van der Waals surface area contributed by atoms with Crippen LogP contribution >= 0.6 is 15.9 Å². The van der Waals surface area contributed by atoms with Gasteiger partial charge in [0.1, 0.15) is 5.75 Å². The van der Waals surface area contributed by atoms with E-state index in [9.17, 15) is 14.9 Å². The van der Waals surface area contributed by atoms with E-state index in [1.807, 2.05) is 0 Å². The number of non-ortho nitro benzene ring substituents is 1. The first-order chi connectivity index (χ1) is 11.0. The Morgan fingerprint density at radius 1 is 1.35 bits per heavy atom. The molecule has 0 saturated heterocycles. The summed E-state index contributed by atoms with van der Waals surface area (Å²) in [4.78, 5) is 22.2. The van der Waals surface area contributed by atoms with Crippen LogP contribution in [0.25, 0.3) is 0 Å². The van der Waals surface area contributed by atoms with Gasteiger partial charge in [0, 0.05) is 27.7 Å². The second-order valence-electron chi connectivity index (χ2n) is 4.39. The summed E-state index contributed by atoms with van der Waals surface area (Å²) in [6, 6.07) is 10.9. The summed E-state index contributed by atoms with van der Waals surface area (Å²) >= 11 is 3.28. The maximum Gasteiger partial charge on any atom is 0.271 e. The number of hydrogen-bond donors (Lipinski definition) is 1. The molecule has 0 bridgehead atoms. The van der Waals surface area contributed by atoms with Gasteiger partial charge in [0.05, 0.1) is 18.2 Å². The van der Waals surface area contributed by atoms with Gasteiger partial charge in [-0.2, -0.15) is 5.10 Å². The quantitative estimate of drug-likeness (QED) is 0.491. The highest BCUT2D eigenvalue weighted by molar-refractivity contribution is 9.10. The first kappa shape index (κ1) is 16.6. The second kappa shape index (κ2) is 7.50. The molecule has 0 aromatic heterocycles. The number of rotatable bonds is 5. The normalized spacial score (nSPS) is 10.5. The van der Waals surface area contributed by atoms with Crippen LogP contribution < -0.4 is 10.2 Å². The molecular weight excluding hydrogens is 366 g/mol. The Labute approximate surface area is 140 Å². The Kier molecular flexibility index (Phi) is 5.42. The van der Waals surface area contributed by atoms with E-state index in [1.54, 1.807) is 24.3 Å². The maximum atomic E-state index is 11.9. The molecule has 118 valence electrons. The zero-order chi connectivity index (χ0) is 16.8. The number of methoxy groups -OCH3 is 1. The highest BCUT2D eigenvalue weighted by Crippen LogP contribution is 2.22. The van der Waals surface area contributed by atoms with Crippen molar-refractivity contribution < 1.29 is 14.5 Å². The maximum absolute atomic E-state index is 11.9. The summed E-state index contributed by atoms with van der Waals surface area (Å²) in [5, 5.41) is 14.6. The van der Waals surface area contributed by atoms with E-state index in [-0.39, 0.29) is 5.69 Å². The highest BCUT2D eigenvalue weighted by Gasteiger charge is 2.10. The molecule has 1 amide bonds. The SMILES string of the molecule is COc1ccc([N+](=O)[O-])cc1C=NNC(=O)c1cccc(Br)c1. The van der Waals surface area contributed by atoms with Gasteiger partial charge in [-0.05, 0) is 24.3 Å². The van der Waals surface area contributed by atoms with Crippen LogP contribution in [0.5, 0.6) is 5.75 Å². The summed E-state index contributed by atoms with van der Waals surface area (Å²) in [5.74, 6) is 0.0167. The van der Waals surface area contributed by atoms with Gasteiger partial charge in [-0.1, -0.05) is 22.0 Å². The summed E-state index contributed by atoms with van der Waals surface area (Å²) in [6.07, 6.45) is 1.29. The molecule has 2 rings (SSSR count). The van der Waals surface area contributed by atoms with Gasteiger partial charge < -0.3 is 4.74 Å². The van der Waals surface area contributed by atoms with Crippen molar-refractivity contribution >= 4 is 33.7 Å². The monoisotopic (exact) mass is 377 g/mol. The molecule has 23 heavy (non-hydrogen) atoms. The minimum atomic E-state index is -0.517. The average molecular weight is 378 g/mol. The third kappa shape index (κ3) is 4.36. The van der Waals surface area contributed by atoms with E-state index >= 15 is 0 Å². The van der Waals surface area contributed by atoms with Gasteiger partial charge in [0.15, 0.2) is 0 Å². The van der Waals surface area contributed by atoms with E-state index in [0.717, 1.165) is 4.47 Å². The number of hydrazone groups is 1. The van der Waals surface area contributed by atoms with Gasteiger partial charge in [-0.25, -0.2) is 5.43 Å². The van der Waals surface area contributed by atoms with Crippen molar-refractivity contribution in [3.8, 4) is 5.75 Å². The lowest BCUT2D eigenvalue weighted by atomic mass is 10.2. The number of carbonyl (C=O) groups excluding carboxylic acids is 1. The third-order valence-corrected chi connectivity index (χ3v) is 3.37. The number of amides is 1. The van der Waals surface area contributed by atoms with Gasteiger partial charge in [-0.15, -0.1) is 0 Å². The molecule has 0 atom stereocenters. The predicted molar refractivity (Wildman–Crippen MR) is 88.9 cm³/mol. The molecule has 2 aromatic carbocycles. The van der Waals surface area contributed by atoms with E-state index in [2.05, 4.69) is 26.5 Å². The van der Waals surface area contributed by atoms with Crippen LogP contribution in [-0.4, -0.2) is 24.2 Å². The topological polar surface area (TPSA) is 93.8 Å². The smallest absolute Gasteiger partial charge is 0.271 e. The Morgan fingerprint density at radius 2 is 2.13 bits per heavy atom. The first-order valence-electron chi connectivity index (χ1n) is 6.42.